The first-order valence-electron chi connectivity index (χ1n) is 11.5. The lowest BCUT2D eigenvalue weighted by Crippen LogP contribution is -2.48. The van der Waals surface area contributed by atoms with Gasteiger partial charge in [0, 0.05) is 13.1 Å². The van der Waals surface area contributed by atoms with Crippen LogP contribution in [0.5, 0.6) is 0 Å². The van der Waals surface area contributed by atoms with Gasteiger partial charge in [-0.05, 0) is 41.2 Å². The summed E-state index contributed by atoms with van der Waals surface area (Å²) < 4.78 is 0. The predicted octanol–water partition coefficient (Wildman–Crippen LogP) is 2.85. The molecule has 3 aromatic rings. The fraction of sp³-hybridized carbons (Fsp3) is 0.296. The molecule has 3 aromatic carbocycles. The Hall–Kier alpha value is -3.67. The van der Waals surface area contributed by atoms with Crippen LogP contribution in [0.2, 0.25) is 0 Å². The van der Waals surface area contributed by atoms with Gasteiger partial charge in [0.25, 0.3) is 0 Å². The molecular weight excluding hydrogens is 414 g/mol. The van der Waals surface area contributed by atoms with Crippen LogP contribution in [0.4, 0.5) is 0 Å². The summed E-state index contributed by atoms with van der Waals surface area (Å²) in [4.78, 5) is 39.6. The minimum Gasteiger partial charge on any atom is -0.354 e. The van der Waals surface area contributed by atoms with Crippen molar-refractivity contribution in [3.8, 4) is 0 Å². The maximum Gasteiger partial charge on any atom is 0.243 e. The lowest BCUT2D eigenvalue weighted by molar-refractivity contribution is -0.138. The van der Waals surface area contributed by atoms with E-state index in [-0.39, 0.29) is 30.7 Å². The highest BCUT2D eigenvalue weighted by Gasteiger charge is 2.34. The van der Waals surface area contributed by atoms with Crippen LogP contribution in [0.3, 0.4) is 0 Å². The number of hydrogen-bond donors (Lipinski definition) is 2. The fourth-order valence-electron chi connectivity index (χ4n) is 4.39. The maximum absolute atomic E-state index is 13.1. The van der Waals surface area contributed by atoms with Gasteiger partial charge >= 0.3 is 0 Å². The molecule has 33 heavy (non-hydrogen) atoms. The highest BCUT2D eigenvalue weighted by atomic mass is 16.2. The van der Waals surface area contributed by atoms with Gasteiger partial charge in [0.1, 0.15) is 6.04 Å². The molecule has 0 radical (unpaired) electrons. The predicted molar refractivity (Wildman–Crippen MR) is 129 cm³/mol. The average molecular weight is 444 g/mol. The van der Waals surface area contributed by atoms with Gasteiger partial charge in [-0.15, -0.1) is 0 Å². The molecule has 1 heterocycles. The highest BCUT2D eigenvalue weighted by molar-refractivity contribution is 5.94. The Morgan fingerprint density at radius 2 is 1.64 bits per heavy atom. The normalized spacial score (nSPS) is 15.4. The Morgan fingerprint density at radius 3 is 2.48 bits per heavy atom. The van der Waals surface area contributed by atoms with Crippen LogP contribution in [0.15, 0.2) is 72.8 Å². The number of hydrogen-bond acceptors (Lipinski definition) is 3. The standard InChI is InChI=1S/C27H29N3O3/c31-25(28-16-15-20-8-2-1-3-9-20)19-29-27(33)24-14-7-17-30(24)26(32)18-22-12-6-11-21-10-4-5-13-23(21)22/h1-6,8-13,24H,7,14-19H2,(H,28,31)(H,29,33). The molecule has 6 heteroatoms. The fourth-order valence-corrected chi connectivity index (χ4v) is 4.39. The minimum absolute atomic E-state index is 0.0590. The molecule has 0 saturated carbocycles. The first kappa shape index (κ1) is 22.5. The van der Waals surface area contributed by atoms with Crippen molar-refractivity contribution in [2.24, 2.45) is 0 Å². The van der Waals surface area contributed by atoms with E-state index >= 15 is 0 Å². The molecule has 0 aliphatic carbocycles. The zero-order chi connectivity index (χ0) is 23.0. The molecule has 0 spiro atoms. The van der Waals surface area contributed by atoms with Crippen molar-refractivity contribution in [1.29, 1.82) is 0 Å². The van der Waals surface area contributed by atoms with Crippen LogP contribution >= 0.6 is 0 Å². The van der Waals surface area contributed by atoms with Crippen LogP contribution in [0.1, 0.15) is 24.0 Å². The Labute approximate surface area is 194 Å². The van der Waals surface area contributed by atoms with Crippen LogP contribution in [-0.2, 0) is 27.2 Å². The van der Waals surface area contributed by atoms with E-state index in [0.29, 0.717) is 19.5 Å². The Balaban J connectivity index is 1.27. The summed E-state index contributed by atoms with van der Waals surface area (Å²) in [6.07, 6.45) is 2.38. The molecule has 1 unspecified atom stereocenters. The van der Waals surface area contributed by atoms with Crippen LogP contribution in [-0.4, -0.2) is 48.3 Å². The second kappa shape index (κ2) is 10.8. The van der Waals surface area contributed by atoms with Crippen LogP contribution in [0, 0.1) is 0 Å². The van der Waals surface area contributed by atoms with E-state index in [4.69, 9.17) is 0 Å². The molecular formula is C27H29N3O3. The van der Waals surface area contributed by atoms with Crippen molar-refractivity contribution < 1.29 is 14.4 Å². The summed E-state index contributed by atoms with van der Waals surface area (Å²) in [5.41, 5.74) is 2.11. The molecule has 1 aliphatic rings. The van der Waals surface area contributed by atoms with E-state index in [1.165, 1.54) is 0 Å². The molecule has 1 saturated heterocycles. The maximum atomic E-state index is 13.1. The van der Waals surface area contributed by atoms with E-state index in [1.54, 1.807) is 4.90 Å². The Morgan fingerprint density at radius 1 is 0.879 bits per heavy atom. The molecule has 1 aliphatic heterocycles. The number of carbonyl (C=O) groups is 3. The Bertz CT molecular complexity index is 1120. The summed E-state index contributed by atoms with van der Waals surface area (Å²) in [6.45, 7) is 0.984. The third-order valence-corrected chi connectivity index (χ3v) is 6.10. The largest absolute Gasteiger partial charge is 0.354 e. The number of carbonyl (C=O) groups excluding carboxylic acids is 3. The van der Waals surface area contributed by atoms with Gasteiger partial charge in [0.15, 0.2) is 0 Å². The number of likely N-dealkylation sites (tertiary alicyclic amines) is 1. The zero-order valence-corrected chi connectivity index (χ0v) is 18.6. The van der Waals surface area contributed by atoms with E-state index in [0.717, 1.165) is 34.7 Å². The number of nitrogens with one attached hydrogen (secondary N) is 2. The van der Waals surface area contributed by atoms with Crippen LogP contribution in [0.25, 0.3) is 10.8 Å². The third kappa shape index (κ3) is 5.77. The number of fused-ring (bicyclic) bond motifs is 1. The molecule has 3 amide bonds. The monoisotopic (exact) mass is 443 g/mol. The lowest BCUT2D eigenvalue weighted by Gasteiger charge is -2.24. The van der Waals surface area contributed by atoms with Gasteiger partial charge in [-0.1, -0.05) is 72.8 Å². The molecule has 0 aromatic heterocycles. The first-order chi connectivity index (χ1) is 16.1. The smallest absolute Gasteiger partial charge is 0.243 e. The topological polar surface area (TPSA) is 78.5 Å². The number of benzene rings is 3. The van der Waals surface area contributed by atoms with E-state index in [9.17, 15) is 14.4 Å². The summed E-state index contributed by atoms with van der Waals surface area (Å²) in [5.74, 6) is -0.556. The van der Waals surface area contributed by atoms with E-state index in [1.807, 2.05) is 72.8 Å². The van der Waals surface area contributed by atoms with Gasteiger partial charge in [0.2, 0.25) is 17.7 Å². The Kier molecular flexibility index (Phi) is 7.35. The van der Waals surface area contributed by atoms with Gasteiger partial charge in [0.05, 0.1) is 13.0 Å². The molecule has 6 nitrogen and oxygen atoms in total. The van der Waals surface area contributed by atoms with E-state index in [2.05, 4.69) is 10.6 Å². The summed E-state index contributed by atoms with van der Waals surface area (Å²) in [6, 6.07) is 23.3. The SMILES string of the molecule is O=C(CNC(=O)C1CCCN1C(=O)Cc1cccc2ccccc12)NCCc1ccccc1. The third-order valence-electron chi connectivity index (χ3n) is 6.10. The summed E-state index contributed by atoms with van der Waals surface area (Å²) in [5, 5.41) is 7.68. The quantitative estimate of drug-likeness (QED) is 0.562. The van der Waals surface area contributed by atoms with Crippen molar-refractivity contribution >= 4 is 28.5 Å². The van der Waals surface area contributed by atoms with Crippen molar-refractivity contribution in [2.45, 2.75) is 31.7 Å². The molecule has 1 atom stereocenters. The zero-order valence-electron chi connectivity index (χ0n) is 18.6. The van der Waals surface area contributed by atoms with Crippen LogP contribution < -0.4 is 10.6 Å². The van der Waals surface area contributed by atoms with Crippen molar-refractivity contribution in [2.75, 3.05) is 19.6 Å². The molecule has 170 valence electrons. The summed E-state index contributed by atoms with van der Waals surface area (Å²) in [7, 11) is 0. The van der Waals surface area contributed by atoms with Crippen molar-refractivity contribution in [3.05, 3.63) is 83.9 Å². The molecule has 0 bridgehead atoms. The van der Waals surface area contributed by atoms with Crippen molar-refractivity contribution in [1.82, 2.24) is 15.5 Å². The lowest BCUT2D eigenvalue weighted by atomic mass is 10.0. The summed E-state index contributed by atoms with van der Waals surface area (Å²) >= 11 is 0. The minimum atomic E-state index is -0.524. The van der Waals surface area contributed by atoms with E-state index < -0.39 is 6.04 Å². The average Bonchev–Trinajstić information content (AvgIpc) is 3.34. The first-order valence-corrected chi connectivity index (χ1v) is 11.5. The van der Waals surface area contributed by atoms with Gasteiger partial charge in [-0.3, -0.25) is 14.4 Å². The van der Waals surface area contributed by atoms with Crippen molar-refractivity contribution in [3.63, 3.8) is 0 Å². The van der Waals surface area contributed by atoms with Gasteiger partial charge < -0.3 is 15.5 Å². The van der Waals surface area contributed by atoms with Gasteiger partial charge in [-0.25, -0.2) is 0 Å². The number of nitrogens with zero attached hydrogens (tertiary/aromatic N) is 1. The molecule has 2 N–H and O–H groups in total. The number of rotatable bonds is 8. The molecule has 1 fully saturated rings. The highest BCUT2D eigenvalue weighted by Crippen LogP contribution is 2.22. The van der Waals surface area contributed by atoms with Gasteiger partial charge in [-0.2, -0.15) is 0 Å². The molecule has 4 rings (SSSR count). The second-order valence-corrected chi connectivity index (χ2v) is 8.36. The second-order valence-electron chi connectivity index (χ2n) is 8.36. The number of amides is 3.